The lowest BCUT2D eigenvalue weighted by Gasteiger charge is -2.12. The number of amides is 1. The fourth-order valence-corrected chi connectivity index (χ4v) is 2.02. The van der Waals surface area contributed by atoms with Crippen LogP contribution in [-0.4, -0.2) is 31.7 Å². The summed E-state index contributed by atoms with van der Waals surface area (Å²) in [4.78, 5) is 16.5. The molecule has 0 atom stereocenters. The fourth-order valence-electron chi connectivity index (χ4n) is 2.02. The zero-order valence-corrected chi connectivity index (χ0v) is 13.6. The van der Waals surface area contributed by atoms with Gasteiger partial charge in [-0.05, 0) is 30.7 Å². The Labute approximate surface area is 135 Å². The number of nitrogens with zero attached hydrogens (tertiary/aromatic N) is 1. The molecule has 1 heterocycles. The highest BCUT2D eigenvalue weighted by Gasteiger charge is 2.12. The Morgan fingerprint density at radius 3 is 2.70 bits per heavy atom. The van der Waals surface area contributed by atoms with Crippen molar-refractivity contribution in [2.24, 2.45) is 0 Å². The van der Waals surface area contributed by atoms with Crippen LogP contribution in [0.1, 0.15) is 23.8 Å². The number of pyridine rings is 1. The van der Waals surface area contributed by atoms with Gasteiger partial charge in [0.05, 0.1) is 19.9 Å². The fraction of sp³-hybridized carbons (Fsp3) is 0.294. The molecule has 0 saturated carbocycles. The normalized spacial score (nSPS) is 10.0. The summed E-state index contributed by atoms with van der Waals surface area (Å²) < 4.78 is 10.4. The van der Waals surface area contributed by atoms with E-state index in [4.69, 9.17) is 9.47 Å². The zero-order valence-electron chi connectivity index (χ0n) is 13.6. The molecular formula is C17H21N3O3. The molecule has 1 aromatic heterocycles. The van der Waals surface area contributed by atoms with Gasteiger partial charge in [0.1, 0.15) is 17.2 Å². The third kappa shape index (κ3) is 4.35. The SMILES string of the molecule is CCCNc1ccnc(C(=O)Nc2ccc(OC)cc2OC)c1. The summed E-state index contributed by atoms with van der Waals surface area (Å²) in [7, 11) is 3.11. The third-order valence-electron chi connectivity index (χ3n) is 3.23. The second-order valence-electron chi connectivity index (χ2n) is 4.88. The van der Waals surface area contributed by atoms with E-state index in [1.807, 2.05) is 6.07 Å². The van der Waals surface area contributed by atoms with Crippen molar-refractivity contribution in [2.45, 2.75) is 13.3 Å². The summed E-state index contributed by atoms with van der Waals surface area (Å²) in [5.74, 6) is 0.885. The van der Waals surface area contributed by atoms with Crippen LogP contribution in [0.4, 0.5) is 11.4 Å². The molecule has 0 bridgehead atoms. The first-order chi connectivity index (χ1) is 11.2. The van der Waals surface area contributed by atoms with Crippen molar-refractivity contribution in [3.05, 3.63) is 42.2 Å². The lowest BCUT2D eigenvalue weighted by molar-refractivity contribution is 0.102. The van der Waals surface area contributed by atoms with Gasteiger partial charge in [-0.2, -0.15) is 0 Å². The Hall–Kier alpha value is -2.76. The van der Waals surface area contributed by atoms with Gasteiger partial charge in [-0.1, -0.05) is 6.92 Å². The van der Waals surface area contributed by atoms with Gasteiger partial charge in [0.15, 0.2) is 0 Å². The van der Waals surface area contributed by atoms with E-state index in [-0.39, 0.29) is 5.91 Å². The summed E-state index contributed by atoms with van der Waals surface area (Å²) in [6.45, 7) is 2.93. The van der Waals surface area contributed by atoms with E-state index in [0.717, 1.165) is 18.7 Å². The Kier molecular flexibility index (Phi) is 5.80. The number of carbonyl (C=O) groups excluding carboxylic acids is 1. The van der Waals surface area contributed by atoms with E-state index < -0.39 is 0 Å². The van der Waals surface area contributed by atoms with Gasteiger partial charge in [0, 0.05) is 24.5 Å². The molecule has 0 spiro atoms. The molecule has 0 saturated heterocycles. The average Bonchev–Trinajstić information content (AvgIpc) is 2.60. The van der Waals surface area contributed by atoms with Crippen molar-refractivity contribution in [3.63, 3.8) is 0 Å². The number of benzene rings is 1. The molecule has 0 fully saturated rings. The largest absolute Gasteiger partial charge is 0.497 e. The number of hydrogen-bond acceptors (Lipinski definition) is 5. The van der Waals surface area contributed by atoms with Crippen molar-refractivity contribution >= 4 is 17.3 Å². The second kappa shape index (κ2) is 8.03. The molecule has 0 radical (unpaired) electrons. The maximum absolute atomic E-state index is 12.4. The van der Waals surface area contributed by atoms with Gasteiger partial charge in [-0.3, -0.25) is 9.78 Å². The van der Waals surface area contributed by atoms with E-state index in [1.54, 1.807) is 37.6 Å². The number of ether oxygens (including phenoxy) is 2. The van der Waals surface area contributed by atoms with Crippen LogP contribution < -0.4 is 20.1 Å². The van der Waals surface area contributed by atoms with Gasteiger partial charge >= 0.3 is 0 Å². The smallest absolute Gasteiger partial charge is 0.274 e. The van der Waals surface area contributed by atoms with Gasteiger partial charge in [-0.15, -0.1) is 0 Å². The molecule has 2 rings (SSSR count). The van der Waals surface area contributed by atoms with Gasteiger partial charge < -0.3 is 20.1 Å². The quantitative estimate of drug-likeness (QED) is 0.821. The molecule has 23 heavy (non-hydrogen) atoms. The Morgan fingerprint density at radius 1 is 1.17 bits per heavy atom. The van der Waals surface area contributed by atoms with E-state index in [2.05, 4.69) is 22.5 Å². The van der Waals surface area contributed by atoms with Crippen LogP contribution >= 0.6 is 0 Å². The monoisotopic (exact) mass is 315 g/mol. The van der Waals surface area contributed by atoms with Crippen molar-refractivity contribution in [3.8, 4) is 11.5 Å². The van der Waals surface area contributed by atoms with Crippen LogP contribution in [0.5, 0.6) is 11.5 Å². The lowest BCUT2D eigenvalue weighted by atomic mass is 10.2. The van der Waals surface area contributed by atoms with Crippen molar-refractivity contribution < 1.29 is 14.3 Å². The molecule has 2 aromatic rings. The summed E-state index contributed by atoms with van der Waals surface area (Å²) >= 11 is 0. The molecule has 2 N–H and O–H groups in total. The molecule has 0 aliphatic heterocycles. The second-order valence-corrected chi connectivity index (χ2v) is 4.88. The molecule has 6 heteroatoms. The van der Waals surface area contributed by atoms with Crippen molar-refractivity contribution in [1.82, 2.24) is 4.98 Å². The summed E-state index contributed by atoms with van der Waals surface area (Å²) in [6, 6.07) is 8.75. The standard InChI is InChI=1S/C17H21N3O3/c1-4-8-18-12-7-9-19-15(10-12)17(21)20-14-6-5-13(22-2)11-16(14)23-3/h5-7,9-11H,4,8H2,1-3H3,(H,18,19)(H,20,21). The maximum Gasteiger partial charge on any atom is 0.274 e. The predicted molar refractivity (Wildman–Crippen MR) is 90.5 cm³/mol. The Morgan fingerprint density at radius 2 is 2.00 bits per heavy atom. The Bertz CT molecular complexity index is 674. The van der Waals surface area contributed by atoms with Gasteiger partial charge in [-0.25, -0.2) is 0 Å². The van der Waals surface area contributed by atoms with Gasteiger partial charge in [0.25, 0.3) is 5.91 Å². The molecule has 6 nitrogen and oxygen atoms in total. The third-order valence-corrected chi connectivity index (χ3v) is 3.23. The highest BCUT2D eigenvalue weighted by molar-refractivity contribution is 6.04. The van der Waals surface area contributed by atoms with E-state index in [0.29, 0.717) is 22.9 Å². The Balaban J connectivity index is 2.15. The van der Waals surface area contributed by atoms with Crippen LogP contribution in [0.2, 0.25) is 0 Å². The van der Waals surface area contributed by atoms with Crippen LogP contribution in [-0.2, 0) is 0 Å². The number of aromatic nitrogens is 1. The zero-order chi connectivity index (χ0) is 16.7. The van der Waals surface area contributed by atoms with Crippen molar-refractivity contribution in [1.29, 1.82) is 0 Å². The molecule has 0 aliphatic carbocycles. The lowest BCUT2D eigenvalue weighted by Crippen LogP contribution is -2.14. The molecule has 1 aromatic carbocycles. The van der Waals surface area contributed by atoms with Crippen molar-refractivity contribution in [2.75, 3.05) is 31.4 Å². The molecular weight excluding hydrogens is 294 g/mol. The highest BCUT2D eigenvalue weighted by Crippen LogP contribution is 2.29. The minimum atomic E-state index is -0.298. The number of anilines is 2. The van der Waals surface area contributed by atoms with E-state index >= 15 is 0 Å². The summed E-state index contributed by atoms with van der Waals surface area (Å²) in [5, 5.41) is 6.03. The molecule has 1 amide bonds. The minimum absolute atomic E-state index is 0.298. The first-order valence-corrected chi connectivity index (χ1v) is 7.41. The van der Waals surface area contributed by atoms with Crippen LogP contribution in [0, 0.1) is 0 Å². The van der Waals surface area contributed by atoms with Gasteiger partial charge in [0.2, 0.25) is 0 Å². The maximum atomic E-state index is 12.4. The van der Waals surface area contributed by atoms with Crippen LogP contribution in [0.15, 0.2) is 36.5 Å². The first kappa shape index (κ1) is 16.6. The van der Waals surface area contributed by atoms with Crippen LogP contribution in [0.3, 0.4) is 0 Å². The summed E-state index contributed by atoms with van der Waals surface area (Å²) in [5.41, 5.74) is 1.77. The predicted octanol–water partition coefficient (Wildman–Crippen LogP) is 3.17. The highest BCUT2D eigenvalue weighted by atomic mass is 16.5. The number of carbonyl (C=O) groups is 1. The molecule has 122 valence electrons. The van der Waals surface area contributed by atoms with Crippen LogP contribution in [0.25, 0.3) is 0 Å². The number of methoxy groups -OCH3 is 2. The topological polar surface area (TPSA) is 72.5 Å². The first-order valence-electron chi connectivity index (χ1n) is 7.41. The summed E-state index contributed by atoms with van der Waals surface area (Å²) in [6.07, 6.45) is 2.62. The molecule has 0 aliphatic rings. The average molecular weight is 315 g/mol. The number of hydrogen-bond donors (Lipinski definition) is 2. The minimum Gasteiger partial charge on any atom is -0.497 e. The van der Waals surface area contributed by atoms with E-state index in [9.17, 15) is 4.79 Å². The molecule has 0 unspecified atom stereocenters. The van der Waals surface area contributed by atoms with E-state index in [1.165, 1.54) is 7.11 Å². The number of rotatable bonds is 7. The number of nitrogens with one attached hydrogen (secondary N) is 2.